The van der Waals surface area contributed by atoms with Crippen molar-refractivity contribution in [2.45, 2.75) is 20.8 Å². The predicted molar refractivity (Wildman–Crippen MR) is 88.7 cm³/mol. The smallest absolute Gasteiger partial charge is 0.270 e. The molecule has 2 aromatic rings. The minimum atomic E-state index is -0.207. The number of carbonyl (C=O) groups is 1. The molecule has 1 aromatic carbocycles. The van der Waals surface area contributed by atoms with Crippen LogP contribution < -0.4 is 10.6 Å². The number of aryl methyl sites for hydroxylation is 1. The van der Waals surface area contributed by atoms with Crippen LogP contribution in [0.15, 0.2) is 30.5 Å². The van der Waals surface area contributed by atoms with Crippen LogP contribution in [0.1, 0.15) is 29.9 Å². The van der Waals surface area contributed by atoms with Gasteiger partial charge in [-0.2, -0.15) is 0 Å². The molecule has 1 heterocycles. The fourth-order valence-corrected chi connectivity index (χ4v) is 1.91. The number of nitrogens with one attached hydrogen (secondary N) is 2. The summed E-state index contributed by atoms with van der Waals surface area (Å²) in [4.78, 5) is 20.3. The molecule has 0 fully saturated rings. The number of benzene rings is 1. The van der Waals surface area contributed by atoms with Crippen LogP contribution in [0.5, 0.6) is 0 Å². The normalized spacial score (nSPS) is 10.6. The van der Waals surface area contributed by atoms with Crippen LogP contribution in [0.3, 0.4) is 0 Å². The van der Waals surface area contributed by atoms with E-state index in [0.717, 1.165) is 11.3 Å². The van der Waals surface area contributed by atoms with Crippen molar-refractivity contribution >= 4 is 29.1 Å². The first-order chi connectivity index (χ1) is 10.5. The fourth-order valence-electron chi connectivity index (χ4n) is 1.73. The van der Waals surface area contributed by atoms with Gasteiger partial charge >= 0.3 is 0 Å². The van der Waals surface area contributed by atoms with Crippen LogP contribution in [0.4, 0.5) is 11.6 Å². The topological polar surface area (TPSA) is 66.9 Å². The fraction of sp³-hybridized carbons (Fsp3) is 0.312. The molecule has 1 amide bonds. The number of aromatic nitrogens is 2. The van der Waals surface area contributed by atoms with Gasteiger partial charge in [0.1, 0.15) is 5.69 Å². The van der Waals surface area contributed by atoms with E-state index in [1.165, 1.54) is 0 Å². The number of hydrogen-bond donors (Lipinski definition) is 2. The maximum atomic E-state index is 12.0. The van der Waals surface area contributed by atoms with E-state index in [0.29, 0.717) is 29.1 Å². The second-order valence-electron chi connectivity index (χ2n) is 5.46. The molecule has 0 atom stereocenters. The summed E-state index contributed by atoms with van der Waals surface area (Å²) < 4.78 is 0. The van der Waals surface area contributed by atoms with Gasteiger partial charge < -0.3 is 10.6 Å². The zero-order chi connectivity index (χ0) is 16.1. The minimum absolute atomic E-state index is 0.207. The lowest BCUT2D eigenvalue weighted by atomic mass is 10.2. The van der Waals surface area contributed by atoms with Gasteiger partial charge in [0.25, 0.3) is 5.91 Å². The number of hydrogen-bond acceptors (Lipinski definition) is 4. The molecule has 0 bridgehead atoms. The lowest BCUT2D eigenvalue weighted by Gasteiger charge is -2.09. The van der Waals surface area contributed by atoms with E-state index in [-0.39, 0.29) is 5.91 Å². The number of carbonyl (C=O) groups excluding carboxylic acids is 1. The summed E-state index contributed by atoms with van der Waals surface area (Å²) in [6.07, 6.45) is 1.55. The molecule has 5 nitrogen and oxygen atoms in total. The van der Waals surface area contributed by atoms with Gasteiger partial charge in [-0.25, -0.2) is 9.97 Å². The van der Waals surface area contributed by atoms with Gasteiger partial charge in [0.05, 0.1) is 0 Å². The maximum Gasteiger partial charge on any atom is 0.270 e. The van der Waals surface area contributed by atoms with Gasteiger partial charge in [0.2, 0.25) is 5.95 Å². The highest BCUT2D eigenvalue weighted by Crippen LogP contribution is 2.21. The van der Waals surface area contributed by atoms with Gasteiger partial charge in [0, 0.05) is 23.5 Å². The van der Waals surface area contributed by atoms with E-state index in [2.05, 4.69) is 20.6 Å². The largest absolute Gasteiger partial charge is 0.350 e. The molecule has 2 rings (SSSR count). The lowest BCUT2D eigenvalue weighted by molar-refractivity contribution is 0.0944. The Morgan fingerprint density at radius 3 is 2.77 bits per heavy atom. The quantitative estimate of drug-likeness (QED) is 0.884. The Kier molecular flexibility index (Phi) is 5.33. The number of nitrogens with zero attached hydrogens (tertiary/aromatic N) is 2. The van der Waals surface area contributed by atoms with Crippen LogP contribution in [0.2, 0.25) is 5.02 Å². The standard InChI is InChI=1S/C16H19ClN4O/c1-10(2)9-19-15(22)14-6-7-18-16(21-14)20-12-5-4-11(3)13(17)8-12/h4-8,10H,9H2,1-3H3,(H,19,22)(H,18,20,21). The molecular formula is C16H19ClN4O. The van der Waals surface area contributed by atoms with E-state index < -0.39 is 0 Å². The second-order valence-corrected chi connectivity index (χ2v) is 5.87. The van der Waals surface area contributed by atoms with Crippen molar-refractivity contribution in [3.8, 4) is 0 Å². The average Bonchev–Trinajstić information content (AvgIpc) is 2.49. The molecule has 1 aromatic heterocycles. The Hall–Kier alpha value is -2.14. The molecule has 22 heavy (non-hydrogen) atoms. The first-order valence-corrected chi connectivity index (χ1v) is 7.48. The lowest BCUT2D eigenvalue weighted by Crippen LogP contribution is -2.28. The van der Waals surface area contributed by atoms with E-state index in [1.807, 2.05) is 32.9 Å². The summed E-state index contributed by atoms with van der Waals surface area (Å²) in [5.74, 6) is 0.538. The summed E-state index contributed by atoms with van der Waals surface area (Å²) in [6, 6.07) is 7.18. The van der Waals surface area contributed by atoms with Gasteiger partial charge in [-0.3, -0.25) is 4.79 Å². The first-order valence-electron chi connectivity index (χ1n) is 7.10. The molecule has 0 saturated carbocycles. The number of amides is 1. The van der Waals surface area contributed by atoms with Crippen molar-refractivity contribution in [3.05, 3.63) is 46.7 Å². The molecule has 2 N–H and O–H groups in total. The minimum Gasteiger partial charge on any atom is -0.350 e. The third kappa shape index (κ3) is 4.43. The van der Waals surface area contributed by atoms with Crippen LogP contribution in [0, 0.1) is 12.8 Å². The zero-order valence-corrected chi connectivity index (χ0v) is 13.6. The SMILES string of the molecule is Cc1ccc(Nc2nccc(C(=O)NCC(C)C)n2)cc1Cl. The van der Waals surface area contributed by atoms with Crippen LogP contribution in [0.25, 0.3) is 0 Å². The van der Waals surface area contributed by atoms with Gasteiger partial charge in [-0.1, -0.05) is 31.5 Å². The third-order valence-electron chi connectivity index (χ3n) is 2.99. The Bertz CT molecular complexity index is 673. The Balaban J connectivity index is 2.10. The Morgan fingerprint density at radius 1 is 1.32 bits per heavy atom. The molecule has 0 aliphatic carbocycles. The highest BCUT2D eigenvalue weighted by Gasteiger charge is 2.09. The monoisotopic (exact) mass is 318 g/mol. The van der Waals surface area contributed by atoms with E-state index >= 15 is 0 Å². The molecular weight excluding hydrogens is 300 g/mol. The van der Waals surface area contributed by atoms with Crippen LogP contribution >= 0.6 is 11.6 Å². The molecule has 0 radical (unpaired) electrons. The van der Waals surface area contributed by atoms with Crippen LogP contribution in [-0.4, -0.2) is 22.4 Å². The molecule has 0 aliphatic heterocycles. The maximum absolute atomic E-state index is 12.0. The van der Waals surface area contributed by atoms with Crippen molar-refractivity contribution in [2.24, 2.45) is 5.92 Å². The summed E-state index contributed by atoms with van der Waals surface area (Å²) >= 11 is 6.09. The molecule has 0 aliphatic rings. The second kappa shape index (κ2) is 7.22. The van der Waals surface area contributed by atoms with Crippen molar-refractivity contribution < 1.29 is 4.79 Å². The zero-order valence-electron chi connectivity index (χ0n) is 12.9. The van der Waals surface area contributed by atoms with Crippen molar-refractivity contribution in [1.29, 1.82) is 0 Å². The number of rotatable bonds is 5. The molecule has 0 saturated heterocycles. The molecule has 6 heteroatoms. The number of halogens is 1. The summed E-state index contributed by atoms with van der Waals surface area (Å²) in [7, 11) is 0. The number of anilines is 2. The predicted octanol–water partition coefficient (Wildman–Crippen LogP) is 3.57. The van der Waals surface area contributed by atoms with E-state index in [9.17, 15) is 4.79 Å². The van der Waals surface area contributed by atoms with E-state index in [1.54, 1.807) is 18.3 Å². The third-order valence-corrected chi connectivity index (χ3v) is 3.39. The van der Waals surface area contributed by atoms with Crippen molar-refractivity contribution in [1.82, 2.24) is 15.3 Å². The summed E-state index contributed by atoms with van der Waals surface area (Å²) in [5.41, 5.74) is 2.10. The molecule has 116 valence electrons. The van der Waals surface area contributed by atoms with Crippen molar-refractivity contribution in [2.75, 3.05) is 11.9 Å². The van der Waals surface area contributed by atoms with Gasteiger partial charge in [-0.15, -0.1) is 0 Å². The Labute approximate surface area is 135 Å². The Morgan fingerprint density at radius 2 is 2.09 bits per heavy atom. The van der Waals surface area contributed by atoms with E-state index in [4.69, 9.17) is 11.6 Å². The average molecular weight is 319 g/mol. The summed E-state index contributed by atoms with van der Waals surface area (Å²) in [6.45, 7) is 6.62. The molecule has 0 unspecified atom stereocenters. The van der Waals surface area contributed by atoms with Crippen molar-refractivity contribution in [3.63, 3.8) is 0 Å². The van der Waals surface area contributed by atoms with Gasteiger partial charge in [-0.05, 0) is 36.6 Å². The highest BCUT2D eigenvalue weighted by molar-refractivity contribution is 6.31. The van der Waals surface area contributed by atoms with Gasteiger partial charge in [0.15, 0.2) is 0 Å². The molecule has 0 spiro atoms. The summed E-state index contributed by atoms with van der Waals surface area (Å²) in [5, 5.41) is 6.54. The first kappa shape index (κ1) is 16.2. The highest BCUT2D eigenvalue weighted by atomic mass is 35.5. The van der Waals surface area contributed by atoms with Crippen LogP contribution in [-0.2, 0) is 0 Å².